The van der Waals surface area contributed by atoms with Crippen molar-refractivity contribution in [1.29, 1.82) is 0 Å². The normalized spacial score (nSPS) is 10.9. The summed E-state index contributed by atoms with van der Waals surface area (Å²) in [5, 5.41) is 16.9. The van der Waals surface area contributed by atoms with Gasteiger partial charge in [-0.3, -0.25) is 19.6 Å². The van der Waals surface area contributed by atoms with Crippen molar-refractivity contribution in [2.75, 3.05) is 23.1 Å². The second-order valence-electron chi connectivity index (χ2n) is 5.43. The lowest BCUT2D eigenvalue weighted by Crippen LogP contribution is -2.26. The molecule has 11 heteroatoms. The molecular weight excluding hydrogens is 396 g/mol. The molecule has 9 nitrogen and oxygen atoms in total. The number of nitrogens with zero attached hydrogens (tertiary/aromatic N) is 1. The Balaban J connectivity index is 2.24. The fraction of sp³-hybridized carbons (Fsp3) is 0.188. The van der Waals surface area contributed by atoms with E-state index in [4.69, 9.17) is 11.6 Å². The van der Waals surface area contributed by atoms with Gasteiger partial charge >= 0.3 is 0 Å². The van der Waals surface area contributed by atoms with Gasteiger partial charge in [0.15, 0.2) is 0 Å². The molecule has 0 aliphatic heterocycles. The molecule has 3 N–H and O–H groups in total. The Bertz CT molecular complexity index is 965. The van der Waals surface area contributed by atoms with Crippen molar-refractivity contribution < 1.29 is 18.1 Å². The van der Waals surface area contributed by atoms with E-state index >= 15 is 0 Å². The fourth-order valence-electron chi connectivity index (χ4n) is 2.16. The zero-order valence-electron chi connectivity index (χ0n) is 14.2. The van der Waals surface area contributed by atoms with E-state index in [2.05, 4.69) is 15.4 Å². The summed E-state index contributed by atoms with van der Waals surface area (Å²) in [5.74, 6) is -0.224. The van der Waals surface area contributed by atoms with Gasteiger partial charge in [0.25, 0.3) is 15.7 Å². The average Bonchev–Trinajstić information content (AvgIpc) is 2.60. The molecule has 0 aromatic heterocycles. The van der Waals surface area contributed by atoms with Gasteiger partial charge in [-0.2, -0.15) is 0 Å². The van der Waals surface area contributed by atoms with Gasteiger partial charge < -0.3 is 10.6 Å². The monoisotopic (exact) mass is 412 g/mol. The first-order valence-corrected chi connectivity index (χ1v) is 9.61. The van der Waals surface area contributed by atoms with Crippen LogP contribution in [-0.4, -0.2) is 32.3 Å². The Morgan fingerprint density at radius 3 is 2.48 bits per heavy atom. The van der Waals surface area contributed by atoms with Gasteiger partial charge in [-0.25, -0.2) is 8.42 Å². The number of benzene rings is 2. The molecule has 0 saturated carbocycles. The molecule has 0 aliphatic rings. The maximum absolute atomic E-state index is 12.5. The van der Waals surface area contributed by atoms with Crippen molar-refractivity contribution in [1.82, 2.24) is 5.32 Å². The van der Waals surface area contributed by atoms with Gasteiger partial charge in [0, 0.05) is 26.1 Å². The first kappa shape index (κ1) is 20.5. The van der Waals surface area contributed by atoms with Gasteiger partial charge in [-0.05, 0) is 24.3 Å². The quantitative estimate of drug-likeness (QED) is 0.347. The van der Waals surface area contributed by atoms with Crippen LogP contribution in [0.15, 0.2) is 47.4 Å². The predicted octanol–water partition coefficient (Wildman–Crippen LogP) is 2.60. The fourth-order valence-corrected chi connectivity index (χ4v) is 3.50. The van der Waals surface area contributed by atoms with Crippen molar-refractivity contribution in [2.24, 2.45) is 0 Å². The minimum Gasteiger partial charge on any atom is -0.378 e. The third kappa shape index (κ3) is 5.56. The highest BCUT2D eigenvalue weighted by Gasteiger charge is 2.22. The van der Waals surface area contributed by atoms with Crippen molar-refractivity contribution in [3.63, 3.8) is 0 Å². The van der Waals surface area contributed by atoms with Gasteiger partial charge in [0.05, 0.1) is 20.5 Å². The largest absolute Gasteiger partial charge is 0.378 e. The van der Waals surface area contributed by atoms with Gasteiger partial charge in [-0.1, -0.05) is 23.7 Å². The third-order valence-electron chi connectivity index (χ3n) is 3.41. The number of nitrogens with one attached hydrogen (secondary N) is 3. The molecule has 0 aliphatic carbocycles. The van der Waals surface area contributed by atoms with Crippen LogP contribution in [0.2, 0.25) is 5.02 Å². The number of sulfonamides is 1. The Morgan fingerprint density at radius 2 is 1.85 bits per heavy atom. The number of carbonyl (C=O) groups excluding carboxylic acids is 1. The van der Waals surface area contributed by atoms with E-state index in [1.807, 2.05) is 0 Å². The van der Waals surface area contributed by atoms with Gasteiger partial charge in [0.2, 0.25) is 5.91 Å². The zero-order chi connectivity index (χ0) is 20.0. The minimum absolute atomic E-state index is 0.141. The predicted molar refractivity (Wildman–Crippen MR) is 103 cm³/mol. The van der Waals surface area contributed by atoms with E-state index in [0.717, 1.165) is 6.07 Å². The van der Waals surface area contributed by atoms with E-state index in [1.165, 1.54) is 31.2 Å². The molecule has 2 rings (SSSR count). The maximum atomic E-state index is 12.5. The summed E-state index contributed by atoms with van der Waals surface area (Å²) in [7, 11) is -4.07. The van der Waals surface area contributed by atoms with E-state index in [9.17, 15) is 23.3 Å². The smallest absolute Gasteiger partial charge is 0.293 e. The van der Waals surface area contributed by atoms with Crippen LogP contribution >= 0.6 is 11.6 Å². The second kappa shape index (κ2) is 8.69. The molecule has 0 atom stereocenters. The van der Waals surface area contributed by atoms with E-state index in [0.29, 0.717) is 0 Å². The number of nitro groups is 1. The summed E-state index contributed by atoms with van der Waals surface area (Å²) in [5.41, 5.74) is -0.0961. The highest BCUT2D eigenvalue weighted by Crippen LogP contribution is 2.29. The van der Waals surface area contributed by atoms with Crippen LogP contribution in [0.4, 0.5) is 17.1 Å². The highest BCUT2D eigenvalue weighted by molar-refractivity contribution is 7.92. The molecule has 144 valence electrons. The molecule has 0 unspecified atom stereocenters. The topological polar surface area (TPSA) is 130 Å². The molecule has 0 bridgehead atoms. The van der Waals surface area contributed by atoms with E-state index < -0.39 is 20.6 Å². The Labute approximate surface area is 160 Å². The van der Waals surface area contributed by atoms with Crippen LogP contribution in [0.1, 0.15) is 6.92 Å². The second-order valence-corrected chi connectivity index (χ2v) is 7.52. The SMILES string of the molecule is CC(=O)NCCNc1ccc(S(=O)(=O)Nc2ccccc2Cl)cc1[N+](=O)[O-]. The summed E-state index contributed by atoms with van der Waals surface area (Å²) in [4.78, 5) is 21.2. The minimum atomic E-state index is -4.07. The average molecular weight is 413 g/mol. The summed E-state index contributed by atoms with van der Waals surface area (Å²) in [6.45, 7) is 1.86. The summed E-state index contributed by atoms with van der Waals surface area (Å²) in [6.07, 6.45) is 0. The van der Waals surface area contributed by atoms with Crippen LogP contribution < -0.4 is 15.4 Å². The maximum Gasteiger partial charge on any atom is 0.293 e. The molecular formula is C16H17ClN4O5S. The lowest BCUT2D eigenvalue weighted by molar-refractivity contribution is -0.384. The van der Waals surface area contributed by atoms with Crippen LogP contribution in [0.3, 0.4) is 0 Å². The van der Waals surface area contributed by atoms with Crippen LogP contribution in [0.25, 0.3) is 0 Å². The summed E-state index contributed by atoms with van der Waals surface area (Å²) < 4.78 is 27.3. The van der Waals surface area contributed by atoms with Gasteiger partial charge in [-0.15, -0.1) is 0 Å². The molecule has 27 heavy (non-hydrogen) atoms. The lowest BCUT2D eigenvalue weighted by atomic mass is 10.2. The standard InChI is InChI=1S/C16H17ClN4O5S/c1-11(22)18-8-9-19-15-7-6-12(10-16(15)21(23)24)27(25,26)20-14-5-3-2-4-13(14)17/h2-7,10,19-20H,8-9H2,1H3,(H,18,22). The number of carbonyl (C=O) groups is 1. The molecule has 0 saturated heterocycles. The Hall–Kier alpha value is -2.85. The summed E-state index contributed by atoms with van der Waals surface area (Å²) >= 11 is 5.94. The molecule has 2 aromatic rings. The van der Waals surface area contributed by atoms with Crippen molar-refractivity contribution in [2.45, 2.75) is 11.8 Å². The van der Waals surface area contributed by atoms with Crippen molar-refractivity contribution >= 4 is 44.6 Å². The lowest BCUT2D eigenvalue weighted by Gasteiger charge is -2.11. The number of nitro benzene ring substituents is 1. The number of hydrogen-bond acceptors (Lipinski definition) is 6. The number of rotatable bonds is 8. The first-order chi connectivity index (χ1) is 12.7. The molecule has 1 amide bonds. The number of halogens is 1. The highest BCUT2D eigenvalue weighted by atomic mass is 35.5. The molecule has 0 fully saturated rings. The van der Waals surface area contributed by atoms with Crippen LogP contribution in [0, 0.1) is 10.1 Å². The number of anilines is 2. The zero-order valence-corrected chi connectivity index (χ0v) is 15.8. The molecule has 0 heterocycles. The Morgan fingerprint density at radius 1 is 1.15 bits per heavy atom. The molecule has 0 radical (unpaired) electrons. The molecule has 0 spiro atoms. The van der Waals surface area contributed by atoms with Gasteiger partial charge in [0.1, 0.15) is 5.69 Å². The summed E-state index contributed by atoms with van der Waals surface area (Å²) in [6, 6.07) is 9.75. The van der Waals surface area contributed by atoms with Crippen molar-refractivity contribution in [3.05, 3.63) is 57.6 Å². The van der Waals surface area contributed by atoms with E-state index in [-0.39, 0.29) is 40.3 Å². The molecule has 2 aromatic carbocycles. The van der Waals surface area contributed by atoms with E-state index in [1.54, 1.807) is 12.1 Å². The Kier molecular flexibility index (Phi) is 6.59. The number of para-hydroxylation sites is 1. The van der Waals surface area contributed by atoms with Crippen LogP contribution in [-0.2, 0) is 14.8 Å². The first-order valence-electron chi connectivity index (χ1n) is 7.75. The third-order valence-corrected chi connectivity index (χ3v) is 5.10. The van der Waals surface area contributed by atoms with Crippen molar-refractivity contribution in [3.8, 4) is 0 Å². The number of amides is 1. The number of hydrogen-bond donors (Lipinski definition) is 3. The van der Waals surface area contributed by atoms with Crippen LogP contribution in [0.5, 0.6) is 0 Å².